The second-order valence-corrected chi connectivity index (χ2v) is 4.04. The normalized spacial score (nSPS) is 18.4. The number of hydrogen-bond donors (Lipinski definition) is 0. The second-order valence-electron chi connectivity index (χ2n) is 4.04. The van der Waals surface area contributed by atoms with Gasteiger partial charge in [0.05, 0.1) is 26.9 Å². The number of rotatable bonds is 4. The summed E-state index contributed by atoms with van der Waals surface area (Å²) >= 11 is 0. The van der Waals surface area contributed by atoms with E-state index >= 15 is 0 Å². The average Bonchev–Trinajstić information content (AvgIpc) is 2.38. The lowest BCUT2D eigenvalue weighted by Crippen LogP contribution is -2.16. The van der Waals surface area contributed by atoms with Crippen molar-refractivity contribution in [2.24, 2.45) is 0 Å². The third kappa shape index (κ3) is 2.29. The molecule has 17 heavy (non-hydrogen) atoms. The maximum absolute atomic E-state index is 5.75. The number of hydrogen-bond acceptors (Lipinski definition) is 3. The fraction of sp³-hybridized carbons (Fsp3) is 0.429. The van der Waals surface area contributed by atoms with Crippen molar-refractivity contribution < 1.29 is 14.2 Å². The summed E-state index contributed by atoms with van der Waals surface area (Å²) in [5.41, 5.74) is 2.47. The first kappa shape index (κ1) is 12.0. The summed E-state index contributed by atoms with van der Waals surface area (Å²) < 4.78 is 16.4. The van der Waals surface area contributed by atoms with E-state index in [9.17, 15) is 0 Å². The molecule has 1 aromatic rings. The molecule has 1 unspecified atom stereocenters. The van der Waals surface area contributed by atoms with E-state index in [0.29, 0.717) is 0 Å². The Morgan fingerprint density at radius 2 is 2.06 bits per heavy atom. The maximum Gasteiger partial charge on any atom is 0.161 e. The second kappa shape index (κ2) is 5.23. The molecule has 0 amide bonds. The van der Waals surface area contributed by atoms with Gasteiger partial charge in [-0.05, 0) is 36.1 Å². The van der Waals surface area contributed by atoms with E-state index in [1.165, 1.54) is 11.1 Å². The van der Waals surface area contributed by atoms with E-state index in [2.05, 4.69) is 6.58 Å². The van der Waals surface area contributed by atoms with Crippen molar-refractivity contribution in [2.75, 3.05) is 20.8 Å². The highest BCUT2D eigenvalue weighted by atomic mass is 16.5. The van der Waals surface area contributed by atoms with E-state index < -0.39 is 0 Å². The van der Waals surface area contributed by atoms with Crippen LogP contribution < -0.4 is 9.47 Å². The van der Waals surface area contributed by atoms with E-state index in [-0.39, 0.29) is 6.10 Å². The molecule has 0 N–H and O–H groups in total. The Morgan fingerprint density at radius 3 is 2.71 bits per heavy atom. The van der Waals surface area contributed by atoms with Crippen LogP contribution in [0.4, 0.5) is 0 Å². The molecule has 0 bridgehead atoms. The summed E-state index contributed by atoms with van der Waals surface area (Å²) in [7, 11) is 3.31. The molecule has 1 aliphatic rings. The van der Waals surface area contributed by atoms with Gasteiger partial charge in [0.1, 0.15) is 0 Å². The van der Waals surface area contributed by atoms with E-state index in [4.69, 9.17) is 14.2 Å². The van der Waals surface area contributed by atoms with Gasteiger partial charge in [0.25, 0.3) is 0 Å². The molecule has 0 radical (unpaired) electrons. The van der Waals surface area contributed by atoms with Crippen molar-refractivity contribution in [3.63, 3.8) is 0 Å². The molecule has 1 heterocycles. The molecule has 3 heteroatoms. The Morgan fingerprint density at radius 1 is 1.35 bits per heavy atom. The van der Waals surface area contributed by atoms with Crippen molar-refractivity contribution in [2.45, 2.75) is 18.9 Å². The highest BCUT2D eigenvalue weighted by Gasteiger charge is 2.22. The summed E-state index contributed by atoms with van der Waals surface area (Å²) in [6.07, 6.45) is 3.72. The van der Waals surface area contributed by atoms with Gasteiger partial charge in [0.15, 0.2) is 11.5 Å². The van der Waals surface area contributed by atoms with Crippen molar-refractivity contribution >= 4 is 0 Å². The van der Waals surface area contributed by atoms with Crippen molar-refractivity contribution in [1.29, 1.82) is 0 Å². The number of methoxy groups -OCH3 is 2. The first-order valence-corrected chi connectivity index (χ1v) is 5.77. The summed E-state index contributed by atoms with van der Waals surface area (Å²) in [4.78, 5) is 0. The van der Waals surface area contributed by atoms with Crippen LogP contribution in [0.15, 0.2) is 24.8 Å². The van der Waals surface area contributed by atoms with Crippen LogP contribution in [0.1, 0.15) is 23.7 Å². The van der Waals surface area contributed by atoms with Gasteiger partial charge in [-0.25, -0.2) is 0 Å². The fourth-order valence-electron chi connectivity index (χ4n) is 2.20. The van der Waals surface area contributed by atoms with Gasteiger partial charge in [-0.15, -0.1) is 6.58 Å². The lowest BCUT2D eigenvalue weighted by molar-refractivity contribution is 0.0442. The SMILES string of the molecule is C=CCC1OCCc2cc(OC)c(OC)cc21. The molecule has 3 nitrogen and oxygen atoms in total. The molecule has 1 atom stereocenters. The predicted molar refractivity (Wildman–Crippen MR) is 66.8 cm³/mol. The van der Waals surface area contributed by atoms with Crippen molar-refractivity contribution in [3.05, 3.63) is 35.9 Å². The number of fused-ring (bicyclic) bond motifs is 1. The molecule has 1 aromatic carbocycles. The average molecular weight is 234 g/mol. The summed E-state index contributed by atoms with van der Waals surface area (Å²) in [5, 5.41) is 0. The van der Waals surface area contributed by atoms with Gasteiger partial charge in [0.2, 0.25) is 0 Å². The monoisotopic (exact) mass is 234 g/mol. The zero-order valence-corrected chi connectivity index (χ0v) is 10.4. The molecule has 1 aliphatic heterocycles. The summed E-state index contributed by atoms with van der Waals surface area (Å²) in [5.74, 6) is 1.54. The Kier molecular flexibility index (Phi) is 3.69. The minimum absolute atomic E-state index is 0.0936. The molecular weight excluding hydrogens is 216 g/mol. The minimum atomic E-state index is 0.0936. The first-order valence-electron chi connectivity index (χ1n) is 5.77. The Hall–Kier alpha value is -1.48. The van der Waals surface area contributed by atoms with Crippen LogP contribution in [0.3, 0.4) is 0 Å². The minimum Gasteiger partial charge on any atom is -0.493 e. The van der Waals surface area contributed by atoms with Gasteiger partial charge in [-0.3, -0.25) is 0 Å². The van der Waals surface area contributed by atoms with E-state index in [0.717, 1.165) is 30.9 Å². The summed E-state index contributed by atoms with van der Waals surface area (Å²) in [6.45, 7) is 4.52. The first-order chi connectivity index (χ1) is 8.30. The fourth-order valence-corrected chi connectivity index (χ4v) is 2.20. The largest absolute Gasteiger partial charge is 0.493 e. The molecule has 92 valence electrons. The quantitative estimate of drug-likeness (QED) is 0.750. The van der Waals surface area contributed by atoms with Crippen LogP contribution in [0.2, 0.25) is 0 Å². The Labute approximate surface area is 102 Å². The molecule has 0 saturated heterocycles. The van der Waals surface area contributed by atoms with Gasteiger partial charge in [-0.1, -0.05) is 6.08 Å². The van der Waals surface area contributed by atoms with Gasteiger partial charge in [-0.2, -0.15) is 0 Å². The molecule has 0 spiro atoms. The third-order valence-corrected chi connectivity index (χ3v) is 3.06. The maximum atomic E-state index is 5.75. The highest BCUT2D eigenvalue weighted by Crippen LogP contribution is 2.38. The van der Waals surface area contributed by atoms with Gasteiger partial charge < -0.3 is 14.2 Å². The Balaban J connectivity index is 2.43. The molecule has 0 aliphatic carbocycles. The van der Waals surface area contributed by atoms with Crippen LogP contribution in [-0.4, -0.2) is 20.8 Å². The van der Waals surface area contributed by atoms with Crippen LogP contribution in [0.5, 0.6) is 11.5 Å². The van der Waals surface area contributed by atoms with Gasteiger partial charge >= 0.3 is 0 Å². The highest BCUT2D eigenvalue weighted by molar-refractivity contribution is 5.49. The zero-order valence-electron chi connectivity index (χ0n) is 10.4. The molecule has 0 fully saturated rings. The van der Waals surface area contributed by atoms with Crippen molar-refractivity contribution in [1.82, 2.24) is 0 Å². The molecule has 0 aromatic heterocycles. The molecule has 0 saturated carbocycles. The van der Waals surface area contributed by atoms with Crippen LogP contribution in [0.25, 0.3) is 0 Å². The molecular formula is C14H18O3. The van der Waals surface area contributed by atoms with Crippen molar-refractivity contribution in [3.8, 4) is 11.5 Å². The third-order valence-electron chi connectivity index (χ3n) is 3.06. The van der Waals surface area contributed by atoms with Crippen LogP contribution in [-0.2, 0) is 11.2 Å². The lowest BCUT2D eigenvalue weighted by atomic mass is 9.95. The predicted octanol–water partition coefficient (Wildman–Crippen LogP) is 2.89. The molecule has 2 rings (SSSR count). The number of ether oxygens (including phenoxy) is 3. The zero-order chi connectivity index (χ0) is 12.3. The van der Waals surface area contributed by atoms with E-state index in [1.54, 1.807) is 14.2 Å². The lowest BCUT2D eigenvalue weighted by Gasteiger charge is -2.26. The van der Waals surface area contributed by atoms with Crippen LogP contribution in [0, 0.1) is 0 Å². The smallest absolute Gasteiger partial charge is 0.161 e. The van der Waals surface area contributed by atoms with Crippen LogP contribution >= 0.6 is 0 Å². The van der Waals surface area contributed by atoms with Gasteiger partial charge in [0, 0.05) is 0 Å². The topological polar surface area (TPSA) is 27.7 Å². The number of benzene rings is 1. The standard InChI is InChI=1S/C14H18O3/c1-4-5-12-11-9-14(16-3)13(15-2)8-10(11)6-7-17-12/h4,8-9,12H,1,5-7H2,2-3H3. The Bertz CT molecular complexity index is 412. The summed E-state index contributed by atoms with van der Waals surface area (Å²) in [6, 6.07) is 4.06. The van der Waals surface area contributed by atoms with E-state index in [1.807, 2.05) is 18.2 Å².